The predicted octanol–water partition coefficient (Wildman–Crippen LogP) is -0.738. The van der Waals surface area contributed by atoms with Gasteiger partial charge in [0.15, 0.2) is 0 Å². The predicted molar refractivity (Wildman–Crippen MR) is 105 cm³/mol. The van der Waals surface area contributed by atoms with E-state index < -0.39 is 36.5 Å². The van der Waals surface area contributed by atoms with Crippen molar-refractivity contribution >= 4 is 24.8 Å². The molecule has 2 atom stereocenters. The van der Waals surface area contributed by atoms with Crippen LogP contribution in [0.1, 0.15) is 29.3 Å². The second kappa shape index (κ2) is 9.03. The monoisotopic (exact) mass is 420 g/mol. The Bertz CT molecular complexity index is 840. The quantitative estimate of drug-likeness (QED) is 0.342. The molecule has 2 saturated heterocycles. The van der Waals surface area contributed by atoms with Gasteiger partial charge in [-0.2, -0.15) is 0 Å². The van der Waals surface area contributed by atoms with E-state index in [-0.39, 0.29) is 54.8 Å². The number of aryl methyl sites for hydroxylation is 1. The number of likely N-dealkylation sites (tertiary alicyclic amines) is 1. The average molecular weight is 420 g/mol. The number of hydrogen-bond acceptors (Lipinski definition) is 8. The fraction of sp³-hybridized carbons (Fsp3) is 0.526. The highest BCUT2D eigenvalue weighted by molar-refractivity contribution is 6.41. The molecule has 3 rings (SSSR count). The number of benzene rings is 1. The van der Waals surface area contributed by atoms with Crippen molar-refractivity contribution in [2.75, 3.05) is 19.6 Å². The first kappa shape index (κ1) is 22.1. The van der Waals surface area contributed by atoms with Crippen LogP contribution in [0.4, 0.5) is 0 Å². The summed E-state index contributed by atoms with van der Waals surface area (Å²) in [7, 11) is -1.56. The number of phenols is 1. The fourth-order valence-corrected chi connectivity index (χ4v) is 3.73. The Kier molecular flexibility index (Phi) is 6.64. The molecule has 1 aromatic carbocycles. The highest BCUT2D eigenvalue weighted by Gasteiger charge is 2.40. The third-order valence-electron chi connectivity index (χ3n) is 5.57. The molecule has 11 heteroatoms. The molecule has 5 N–H and O–H groups in total. The van der Waals surface area contributed by atoms with Crippen LogP contribution >= 0.6 is 0 Å². The molecule has 162 valence electrons. The molecular weight excluding hydrogens is 395 g/mol. The van der Waals surface area contributed by atoms with E-state index in [9.17, 15) is 24.6 Å². The van der Waals surface area contributed by atoms with Crippen LogP contribution in [0.15, 0.2) is 12.1 Å². The van der Waals surface area contributed by atoms with E-state index in [4.69, 9.17) is 14.8 Å². The molecule has 10 nitrogen and oxygen atoms in total. The van der Waals surface area contributed by atoms with Gasteiger partial charge in [0, 0.05) is 12.5 Å². The first-order chi connectivity index (χ1) is 14.2. The minimum absolute atomic E-state index is 0.0129. The van der Waals surface area contributed by atoms with Crippen molar-refractivity contribution in [2.45, 2.75) is 38.2 Å². The van der Waals surface area contributed by atoms with Crippen LogP contribution in [0.2, 0.25) is 6.32 Å². The lowest BCUT2D eigenvalue weighted by atomic mass is 9.82. The van der Waals surface area contributed by atoms with Crippen molar-refractivity contribution in [3.63, 3.8) is 0 Å². The molecule has 30 heavy (non-hydrogen) atoms. The maximum absolute atomic E-state index is 12.5. The summed E-state index contributed by atoms with van der Waals surface area (Å²) in [4.78, 5) is 37.2. The third-order valence-corrected chi connectivity index (χ3v) is 5.57. The molecule has 2 aliphatic rings. The molecule has 0 saturated carbocycles. The summed E-state index contributed by atoms with van der Waals surface area (Å²) < 4.78 is 5.70. The molecule has 1 aromatic rings. The minimum Gasteiger partial charge on any atom is -0.507 e. The smallest absolute Gasteiger partial charge is 0.451 e. The van der Waals surface area contributed by atoms with Gasteiger partial charge >= 0.3 is 13.1 Å². The Morgan fingerprint density at radius 3 is 2.53 bits per heavy atom. The summed E-state index contributed by atoms with van der Waals surface area (Å²) >= 11 is 0. The number of nitrogens with zero attached hydrogens (tertiary/aromatic N) is 1. The lowest BCUT2D eigenvalue weighted by Gasteiger charge is -2.40. The van der Waals surface area contributed by atoms with E-state index in [1.165, 1.54) is 19.1 Å². The van der Waals surface area contributed by atoms with Gasteiger partial charge in [-0.25, -0.2) is 4.79 Å². The fourth-order valence-electron chi connectivity index (χ4n) is 3.73. The molecule has 0 aromatic heterocycles. The summed E-state index contributed by atoms with van der Waals surface area (Å²) in [6, 6.07) is 2.49. The average Bonchev–Trinajstić information content (AvgIpc) is 3.13. The molecule has 0 aliphatic carbocycles. The normalized spacial score (nSPS) is 21.2. The van der Waals surface area contributed by atoms with Crippen molar-refractivity contribution in [2.24, 2.45) is 5.92 Å². The first-order valence-corrected chi connectivity index (χ1v) is 9.81. The Hall–Kier alpha value is -2.63. The number of carboxylic acids is 1. The summed E-state index contributed by atoms with van der Waals surface area (Å²) in [6.45, 7) is 2.56. The van der Waals surface area contributed by atoms with Gasteiger partial charge in [-0.3, -0.25) is 9.59 Å². The van der Waals surface area contributed by atoms with E-state index in [1.807, 2.05) is 0 Å². The van der Waals surface area contributed by atoms with Gasteiger partial charge in [0.1, 0.15) is 28.9 Å². The number of aromatic carboxylic acids is 1. The molecule has 0 radical (unpaired) electrons. The summed E-state index contributed by atoms with van der Waals surface area (Å²) in [5, 5.41) is 40.7. The van der Waals surface area contributed by atoms with Gasteiger partial charge < -0.3 is 35.2 Å². The largest absolute Gasteiger partial charge is 0.507 e. The molecule has 2 fully saturated rings. The summed E-state index contributed by atoms with van der Waals surface area (Å²) in [5.41, 5.74) is -0.128. The zero-order chi connectivity index (χ0) is 22.0. The maximum atomic E-state index is 12.5. The van der Waals surface area contributed by atoms with Crippen LogP contribution in [0.5, 0.6) is 11.5 Å². The van der Waals surface area contributed by atoms with Crippen LogP contribution in [0, 0.1) is 5.92 Å². The molecule has 0 bridgehead atoms. The third kappa shape index (κ3) is 4.74. The van der Waals surface area contributed by atoms with Crippen LogP contribution < -0.4 is 10.1 Å². The SMILES string of the molecule is CC(=O)[C@@H]1CN[C@H](C(=O)N2CC(Oc3ccc(CCB(O)O)c(O)c3C(=O)O)C2)C1. The Labute approximate surface area is 173 Å². The van der Waals surface area contributed by atoms with Crippen molar-refractivity contribution in [3.8, 4) is 11.5 Å². The van der Waals surface area contributed by atoms with Crippen LogP contribution in [-0.2, 0) is 16.0 Å². The Morgan fingerprint density at radius 1 is 1.27 bits per heavy atom. The number of Topliss-reactive ketones (excluding diaryl/α,β-unsaturated/α-hetero) is 1. The van der Waals surface area contributed by atoms with Crippen molar-refractivity contribution in [1.29, 1.82) is 0 Å². The molecule has 1 amide bonds. The highest BCUT2D eigenvalue weighted by atomic mass is 16.5. The topological polar surface area (TPSA) is 157 Å². The van der Waals surface area contributed by atoms with Gasteiger partial charge in [-0.1, -0.05) is 6.07 Å². The van der Waals surface area contributed by atoms with Crippen LogP contribution in [-0.4, -0.2) is 81.7 Å². The molecule has 0 unspecified atom stereocenters. The lowest BCUT2D eigenvalue weighted by molar-refractivity contribution is -0.142. The van der Waals surface area contributed by atoms with Crippen LogP contribution in [0.3, 0.4) is 0 Å². The Balaban J connectivity index is 1.60. The molecule has 2 heterocycles. The summed E-state index contributed by atoms with van der Waals surface area (Å²) in [6.07, 6.45) is 0.0936. The van der Waals surface area contributed by atoms with E-state index in [0.29, 0.717) is 13.0 Å². The van der Waals surface area contributed by atoms with Gasteiger partial charge in [0.05, 0.1) is 19.1 Å². The minimum atomic E-state index is -1.56. The van der Waals surface area contributed by atoms with Crippen molar-refractivity contribution in [1.82, 2.24) is 10.2 Å². The van der Waals surface area contributed by atoms with E-state index in [2.05, 4.69) is 5.32 Å². The van der Waals surface area contributed by atoms with E-state index >= 15 is 0 Å². The molecular formula is C19H25BN2O8. The molecule has 0 spiro atoms. The number of hydrogen-bond donors (Lipinski definition) is 5. The number of amides is 1. The number of rotatable bonds is 8. The number of ketones is 1. The number of aromatic hydroxyl groups is 1. The van der Waals surface area contributed by atoms with Gasteiger partial charge in [-0.15, -0.1) is 0 Å². The first-order valence-electron chi connectivity index (χ1n) is 9.81. The maximum Gasteiger partial charge on any atom is 0.451 e. The molecule has 2 aliphatic heterocycles. The zero-order valence-electron chi connectivity index (χ0n) is 16.6. The van der Waals surface area contributed by atoms with E-state index in [0.717, 1.165) is 0 Å². The highest BCUT2D eigenvalue weighted by Crippen LogP contribution is 2.34. The Morgan fingerprint density at radius 2 is 1.97 bits per heavy atom. The second-order valence-electron chi connectivity index (χ2n) is 7.76. The summed E-state index contributed by atoms with van der Waals surface area (Å²) in [5.74, 6) is -2.07. The van der Waals surface area contributed by atoms with Crippen LogP contribution in [0.25, 0.3) is 0 Å². The number of carboxylic acid groups (broad SMARTS) is 1. The number of carbonyl (C=O) groups is 3. The van der Waals surface area contributed by atoms with E-state index in [1.54, 1.807) is 4.90 Å². The van der Waals surface area contributed by atoms with Gasteiger partial charge in [0.2, 0.25) is 5.91 Å². The number of nitrogens with one attached hydrogen (secondary N) is 1. The van der Waals surface area contributed by atoms with Gasteiger partial charge in [-0.05, 0) is 37.7 Å². The van der Waals surface area contributed by atoms with Crippen molar-refractivity contribution < 1.29 is 39.4 Å². The zero-order valence-corrected chi connectivity index (χ0v) is 16.6. The van der Waals surface area contributed by atoms with Gasteiger partial charge in [0.25, 0.3) is 0 Å². The second-order valence-corrected chi connectivity index (χ2v) is 7.76. The lowest BCUT2D eigenvalue weighted by Crippen LogP contribution is -2.59. The standard InChI is InChI=1S/C19H25BN2O8/c1-10(23)12-6-14(21-7-12)18(25)22-8-13(9-22)30-15-3-2-11(4-5-20(28)29)17(24)16(15)19(26)27/h2-3,12-14,21,24,28-29H,4-9H2,1H3,(H,26,27)/t12-,14-/m0/s1. The number of carbonyl (C=O) groups excluding carboxylic acids is 2. The van der Waals surface area contributed by atoms with Crippen molar-refractivity contribution in [3.05, 3.63) is 23.3 Å². The number of ether oxygens (including phenoxy) is 1.